The maximum absolute atomic E-state index is 11.0. The van der Waals surface area contributed by atoms with Gasteiger partial charge in [-0.25, -0.2) is 8.98 Å². The standard InChI is InChI=1S/C5H11NO5S/c1-6(2,3)5(7)4-11-12(8,9)10/h4H2,1-3H3/p+1. The molecule has 0 aromatic rings. The molecule has 6 nitrogen and oxygen atoms in total. The molecule has 0 heterocycles. The molecule has 72 valence electrons. The van der Waals surface area contributed by atoms with E-state index in [2.05, 4.69) is 4.18 Å². The monoisotopic (exact) mass is 198 g/mol. The second-order valence-corrected chi connectivity index (χ2v) is 4.19. The molecule has 1 amide bonds. The van der Waals surface area contributed by atoms with E-state index in [4.69, 9.17) is 4.55 Å². The van der Waals surface area contributed by atoms with Crippen molar-refractivity contribution in [2.45, 2.75) is 0 Å². The minimum Gasteiger partial charge on any atom is -0.266 e. The molecular weight excluding hydrogens is 186 g/mol. The highest BCUT2D eigenvalue weighted by atomic mass is 32.3. The van der Waals surface area contributed by atoms with Gasteiger partial charge in [-0.05, 0) is 0 Å². The van der Waals surface area contributed by atoms with Gasteiger partial charge in [0, 0.05) is 0 Å². The van der Waals surface area contributed by atoms with Gasteiger partial charge in [-0.15, -0.1) is 0 Å². The molecule has 0 aliphatic rings. The van der Waals surface area contributed by atoms with Crippen LogP contribution in [0.2, 0.25) is 0 Å². The van der Waals surface area contributed by atoms with Gasteiger partial charge in [-0.3, -0.25) is 9.04 Å². The predicted molar refractivity (Wildman–Crippen MR) is 40.5 cm³/mol. The van der Waals surface area contributed by atoms with E-state index in [1.54, 1.807) is 21.1 Å². The van der Waals surface area contributed by atoms with E-state index in [9.17, 15) is 13.2 Å². The lowest BCUT2D eigenvalue weighted by Crippen LogP contribution is -2.43. The van der Waals surface area contributed by atoms with Gasteiger partial charge in [0.2, 0.25) is 0 Å². The third kappa shape index (κ3) is 5.19. The van der Waals surface area contributed by atoms with Crippen LogP contribution in [0.1, 0.15) is 0 Å². The zero-order chi connectivity index (χ0) is 9.99. The molecule has 0 aliphatic heterocycles. The van der Waals surface area contributed by atoms with Gasteiger partial charge in [-0.1, -0.05) is 0 Å². The molecule has 1 N–H and O–H groups in total. The van der Waals surface area contributed by atoms with Gasteiger partial charge in [0.1, 0.15) is 0 Å². The molecule has 0 saturated carbocycles. The second-order valence-electron chi connectivity index (χ2n) is 3.10. The summed E-state index contributed by atoms with van der Waals surface area (Å²) in [4.78, 5) is 11.0. The highest BCUT2D eigenvalue weighted by molar-refractivity contribution is 7.80. The van der Waals surface area contributed by atoms with Gasteiger partial charge in [-0.2, -0.15) is 8.42 Å². The highest BCUT2D eigenvalue weighted by Crippen LogP contribution is 1.94. The number of quaternary nitrogens is 1. The van der Waals surface area contributed by atoms with Crippen LogP contribution in [-0.2, 0) is 19.4 Å². The summed E-state index contributed by atoms with van der Waals surface area (Å²) < 4.78 is 32.0. The lowest BCUT2D eigenvalue weighted by atomic mass is 10.5. The number of hydrogen-bond donors (Lipinski definition) is 1. The van der Waals surface area contributed by atoms with E-state index in [-0.39, 0.29) is 4.48 Å². The molecule has 12 heavy (non-hydrogen) atoms. The Kier molecular flexibility index (Phi) is 3.34. The summed E-state index contributed by atoms with van der Waals surface area (Å²) in [5, 5.41) is 0. The summed E-state index contributed by atoms with van der Waals surface area (Å²) in [6.07, 6.45) is 0. The Labute approximate surface area is 71.3 Å². The number of carbonyl (C=O) groups excluding carboxylic acids is 1. The molecule has 0 atom stereocenters. The van der Waals surface area contributed by atoms with E-state index in [0.717, 1.165) is 0 Å². The van der Waals surface area contributed by atoms with Crippen molar-refractivity contribution in [3.8, 4) is 0 Å². The second kappa shape index (κ2) is 3.48. The van der Waals surface area contributed by atoms with Crippen molar-refractivity contribution in [3.63, 3.8) is 0 Å². The normalized spacial score (nSPS) is 13.0. The van der Waals surface area contributed by atoms with Gasteiger partial charge in [0.05, 0.1) is 21.1 Å². The van der Waals surface area contributed by atoms with Gasteiger partial charge < -0.3 is 0 Å². The zero-order valence-corrected chi connectivity index (χ0v) is 7.96. The molecule has 0 bridgehead atoms. The Hall–Kier alpha value is -0.500. The van der Waals surface area contributed by atoms with Gasteiger partial charge in [0.25, 0.3) is 0 Å². The summed E-state index contributed by atoms with van der Waals surface area (Å²) in [5.41, 5.74) is 0. The van der Waals surface area contributed by atoms with Crippen LogP contribution in [-0.4, -0.2) is 51.1 Å². The lowest BCUT2D eigenvalue weighted by molar-refractivity contribution is -0.792. The van der Waals surface area contributed by atoms with E-state index < -0.39 is 22.9 Å². The first-order chi connectivity index (χ1) is 5.13. The fourth-order valence-electron chi connectivity index (χ4n) is 0.319. The van der Waals surface area contributed by atoms with Crippen LogP contribution in [0.4, 0.5) is 0 Å². The topological polar surface area (TPSA) is 80.7 Å². The molecule has 0 spiro atoms. The van der Waals surface area contributed by atoms with Crippen molar-refractivity contribution >= 4 is 16.3 Å². The van der Waals surface area contributed by atoms with Crippen molar-refractivity contribution < 1.29 is 26.4 Å². The van der Waals surface area contributed by atoms with E-state index in [1.807, 2.05) is 0 Å². The fraction of sp³-hybridized carbons (Fsp3) is 0.800. The first-order valence-corrected chi connectivity index (χ1v) is 4.46. The van der Waals surface area contributed by atoms with Crippen LogP contribution < -0.4 is 0 Å². The molecule has 0 fully saturated rings. The number of likely N-dealkylation sites (N-methyl/N-ethyl adjacent to an activating group) is 1. The van der Waals surface area contributed by atoms with Crippen molar-refractivity contribution in [1.82, 2.24) is 0 Å². The highest BCUT2D eigenvalue weighted by Gasteiger charge is 2.22. The SMILES string of the molecule is C[N+](C)(C)C(=O)COS(=O)(=O)O. The Morgan fingerprint density at radius 3 is 2.08 bits per heavy atom. The largest absolute Gasteiger partial charge is 0.398 e. The van der Waals surface area contributed by atoms with Crippen molar-refractivity contribution in [2.75, 3.05) is 27.7 Å². The predicted octanol–water partition coefficient (Wildman–Crippen LogP) is -0.961. The molecule has 0 aliphatic carbocycles. The summed E-state index contributed by atoms with van der Waals surface area (Å²) in [6, 6.07) is 0. The Morgan fingerprint density at radius 2 is 1.83 bits per heavy atom. The number of amides is 1. The summed E-state index contributed by atoms with van der Waals surface area (Å²) in [6.45, 7) is -0.650. The first kappa shape index (κ1) is 11.5. The molecule has 0 aromatic heterocycles. The molecule has 0 saturated heterocycles. The van der Waals surface area contributed by atoms with Crippen molar-refractivity contribution in [1.29, 1.82) is 0 Å². The lowest BCUT2D eigenvalue weighted by Gasteiger charge is -2.19. The summed E-state index contributed by atoms with van der Waals surface area (Å²) >= 11 is 0. The third-order valence-electron chi connectivity index (χ3n) is 1.08. The van der Waals surface area contributed by atoms with Crippen LogP contribution in [0.3, 0.4) is 0 Å². The molecular formula is C5H12NO5S+. The van der Waals surface area contributed by atoms with Crippen LogP contribution in [0.15, 0.2) is 0 Å². The summed E-state index contributed by atoms with van der Waals surface area (Å²) in [5.74, 6) is -0.451. The molecule has 0 radical (unpaired) electrons. The number of carbonyl (C=O) groups is 1. The Morgan fingerprint density at radius 1 is 1.42 bits per heavy atom. The smallest absolute Gasteiger partial charge is 0.266 e. The molecule has 0 unspecified atom stereocenters. The summed E-state index contributed by atoms with van der Waals surface area (Å²) in [7, 11) is 0.185. The maximum Gasteiger partial charge on any atom is 0.398 e. The van der Waals surface area contributed by atoms with Crippen LogP contribution in [0, 0.1) is 0 Å². The maximum atomic E-state index is 11.0. The average molecular weight is 198 g/mol. The Balaban J connectivity index is 4.07. The van der Waals surface area contributed by atoms with Crippen LogP contribution >= 0.6 is 0 Å². The quantitative estimate of drug-likeness (QED) is 0.466. The number of nitrogens with zero attached hydrogens (tertiary/aromatic N) is 1. The van der Waals surface area contributed by atoms with E-state index in [1.165, 1.54) is 0 Å². The van der Waals surface area contributed by atoms with E-state index >= 15 is 0 Å². The van der Waals surface area contributed by atoms with E-state index in [0.29, 0.717) is 0 Å². The van der Waals surface area contributed by atoms with Gasteiger partial charge >= 0.3 is 16.3 Å². The molecule has 0 aromatic carbocycles. The average Bonchev–Trinajstić information content (AvgIpc) is 1.78. The fourth-order valence-corrected chi connectivity index (χ4v) is 0.568. The van der Waals surface area contributed by atoms with Gasteiger partial charge in [0.15, 0.2) is 6.61 Å². The molecule has 0 rings (SSSR count). The van der Waals surface area contributed by atoms with Crippen LogP contribution in [0.25, 0.3) is 0 Å². The van der Waals surface area contributed by atoms with Crippen LogP contribution in [0.5, 0.6) is 0 Å². The number of rotatable bonds is 3. The minimum absolute atomic E-state index is 0.0600. The zero-order valence-electron chi connectivity index (χ0n) is 7.14. The van der Waals surface area contributed by atoms with Crippen molar-refractivity contribution in [2.24, 2.45) is 0 Å². The number of hydrogen-bond acceptors (Lipinski definition) is 4. The Bertz CT molecular complexity index is 262. The third-order valence-corrected chi connectivity index (χ3v) is 1.50. The van der Waals surface area contributed by atoms with Crippen molar-refractivity contribution in [3.05, 3.63) is 0 Å². The first-order valence-electron chi connectivity index (χ1n) is 3.09. The minimum atomic E-state index is -4.51. The molecule has 7 heteroatoms.